The van der Waals surface area contributed by atoms with Crippen molar-refractivity contribution in [3.05, 3.63) is 44.3 Å². The van der Waals surface area contributed by atoms with Gasteiger partial charge in [-0.15, -0.1) is 0 Å². The van der Waals surface area contributed by atoms with Gasteiger partial charge in [0.05, 0.1) is 0 Å². The van der Waals surface area contributed by atoms with Crippen LogP contribution in [-0.4, -0.2) is 13.6 Å². The molecule has 0 nitrogen and oxygen atoms in total. The largest absolute Gasteiger partial charge is 1.00 e. The Morgan fingerprint density at radius 2 is 1.95 bits per heavy atom. The van der Waals surface area contributed by atoms with Crippen LogP contribution in [0.15, 0.2) is 44.3 Å². The average molecular weight is 404 g/mol. The van der Waals surface area contributed by atoms with Gasteiger partial charge in [0.25, 0.3) is 0 Å². The predicted molar refractivity (Wildman–Crippen MR) is 79.0 cm³/mol. The van der Waals surface area contributed by atoms with Gasteiger partial charge in [-0.05, 0) is 0 Å². The summed E-state index contributed by atoms with van der Waals surface area (Å²) in [5.74, 6) is 0. The molecular weight excluding hydrogens is 382 g/mol. The smallest absolute Gasteiger partial charge is 1.00 e. The van der Waals surface area contributed by atoms with E-state index >= 15 is 0 Å². The van der Waals surface area contributed by atoms with Crippen LogP contribution < -0.4 is 24.8 Å². The summed E-state index contributed by atoms with van der Waals surface area (Å²) in [4.78, 5) is 0. The fourth-order valence-electron chi connectivity index (χ4n) is 2.57. The van der Waals surface area contributed by atoms with E-state index in [0.29, 0.717) is 0 Å². The van der Waals surface area contributed by atoms with Crippen molar-refractivity contribution in [2.24, 2.45) is 0 Å². The molecule has 2 rings (SSSR count). The van der Waals surface area contributed by atoms with Crippen molar-refractivity contribution in [2.45, 2.75) is 45.7 Å². The third-order valence-corrected chi connectivity index (χ3v) is 6.95. The first-order valence-electron chi connectivity index (χ1n) is 6.86. The monoisotopic (exact) mass is 401 g/mol. The number of allylic oxidation sites excluding steroid dienone is 8. The Kier molecular flexibility index (Phi) is 9.75. The van der Waals surface area contributed by atoms with Gasteiger partial charge >= 0.3 is 128 Å². The van der Waals surface area contributed by atoms with Crippen LogP contribution in [0.1, 0.15) is 32.6 Å². The van der Waals surface area contributed by atoms with E-state index in [2.05, 4.69) is 44.3 Å². The number of rotatable bonds is 4. The number of unbranched alkanes of at least 4 members (excludes halogenated alkanes) is 1. The van der Waals surface area contributed by atoms with E-state index in [1.807, 2.05) is 0 Å². The maximum atomic E-state index is 2.53. The zero-order valence-electron chi connectivity index (χ0n) is 12.4. The minimum absolute atomic E-state index is 0. The third-order valence-electron chi connectivity index (χ3n) is 3.59. The van der Waals surface area contributed by atoms with Crippen molar-refractivity contribution in [3.8, 4) is 0 Å². The van der Waals surface area contributed by atoms with Gasteiger partial charge in [-0.2, -0.15) is 0 Å². The molecule has 2 aliphatic carbocycles. The molecule has 107 valence electrons. The fourth-order valence-corrected chi connectivity index (χ4v) is 6.47. The minimum Gasteiger partial charge on any atom is -1.00 e. The van der Waals surface area contributed by atoms with Crippen LogP contribution in [-0.2, 0) is 24.7 Å². The maximum absolute atomic E-state index is 2.53. The first-order chi connectivity index (χ1) is 8.65. The summed E-state index contributed by atoms with van der Waals surface area (Å²) in [5.41, 5.74) is 4.80. The fraction of sp³-hybridized carbons (Fsp3) is 0.438. The van der Waals surface area contributed by atoms with E-state index in [0.717, 1.165) is 6.42 Å². The van der Waals surface area contributed by atoms with E-state index in [4.69, 9.17) is 0 Å². The molecule has 0 heterocycles. The van der Waals surface area contributed by atoms with Crippen molar-refractivity contribution >= 4 is 13.6 Å². The third kappa shape index (κ3) is 4.50. The van der Waals surface area contributed by atoms with E-state index in [1.165, 1.54) is 19.3 Å². The summed E-state index contributed by atoms with van der Waals surface area (Å²) in [5, 5.41) is 1.69. The summed E-state index contributed by atoms with van der Waals surface area (Å²) in [6.45, 7) is 7.12. The molecule has 0 aromatic rings. The molecule has 0 atom stereocenters. The summed E-state index contributed by atoms with van der Waals surface area (Å²) >= 11 is 1.60. The number of hydrogen-bond donors (Lipinski definition) is 0. The van der Waals surface area contributed by atoms with Gasteiger partial charge in [0.1, 0.15) is 0 Å². The van der Waals surface area contributed by atoms with Gasteiger partial charge in [0.15, 0.2) is 0 Å². The standard InChI is InChI=1S/C16H21Si.2ClH.Zr/c1-4-5-8-14-11-15(17(2)3)12-16(14)13-9-6-7-10-13;;;/h6-7,9,11H,4-5,8,10H2,1-3H3;2*1H;/q;;;+2/p-2. The second kappa shape index (κ2) is 9.51. The minimum atomic E-state index is -0.322. The van der Waals surface area contributed by atoms with E-state index < -0.39 is 0 Å². The van der Waals surface area contributed by atoms with Crippen molar-refractivity contribution in [1.29, 1.82) is 0 Å². The molecule has 20 heavy (non-hydrogen) atoms. The molecule has 0 aliphatic heterocycles. The van der Waals surface area contributed by atoms with Crippen molar-refractivity contribution in [2.75, 3.05) is 0 Å². The van der Waals surface area contributed by atoms with Crippen molar-refractivity contribution in [1.82, 2.24) is 0 Å². The van der Waals surface area contributed by atoms with Gasteiger partial charge < -0.3 is 24.8 Å². The van der Waals surface area contributed by atoms with Gasteiger partial charge in [-0.1, -0.05) is 0 Å². The second-order valence-electron chi connectivity index (χ2n) is 5.26. The van der Waals surface area contributed by atoms with Gasteiger partial charge in [-0.25, -0.2) is 0 Å². The normalized spacial score (nSPS) is 16.8. The van der Waals surface area contributed by atoms with Crippen LogP contribution >= 0.6 is 0 Å². The topological polar surface area (TPSA) is 0 Å². The predicted octanol–water partition coefficient (Wildman–Crippen LogP) is -1.68. The molecule has 4 heteroatoms. The molecule has 0 aromatic heterocycles. The Bertz CT molecular complexity index is 507. The van der Waals surface area contributed by atoms with E-state index in [9.17, 15) is 0 Å². The van der Waals surface area contributed by atoms with Gasteiger partial charge in [0, 0.05) is 0 Å². The number of halogens is 2. The Morgan fingerprint density at radius 1 is 1.25 bits per heavy atom. The van der Waals surface area contributed by atoms with Crippen LogP contribution in [0.4, 0.5) is 0 Å². The summed E-state index contributed by atoms with van der Waals surface area (Å²) in [6, 6.07) is 0. The Hall–Kier alpha value is 0.510. The Balaban J connectivity index is 0.00000180. The molecule has 0 saturated heterocycles. The van der Waals surface area contributed by atoms with Crippen LogP contribution in [0.2, 0.25) is 13.1 Å². The van der Waals surface area contributed by atoms with E-state index in [1.54, 1.807) is 49.9 Å². The van der Waals surface area contributed by atoms with Crippen molar-refractivity contribution < 1.29 is 49.5 Å². The Morgan fingerprint density at radius 3 is 2.45 bits per heavy atom. The van der Waals surface area contributed by atoms with E-state index in [-0.39, 0.29) is 33.2 Å². The molecule has 0 N–H and O–H groups in total. The van der Waals surface area contributed by atoms with Crippen LogP contribution in [0.5, 0.6) is 0 Å². The molecule has 0 bridgehead atoms. The van der Waals surface area contributed by atoms with Crippen molar-refractivity contribution in [3.63, 3.8) is 0 Å². The quantitative estimate of drug-likeness (QED) is 0.492. The van der Waals surface area contributed by atoms with Crippen LogP contribution in [0, 0.1) is 0 Å². The first-order valence-corrected chi connectivity index (χ1v) is 10.6. The molecule has 0 fully saturated rings. The molecular formula is C16H21Cl2SiZr. The first kappa shape index (κ1) is 20.5. The molecule has 0 radical (unpaired) electrons. The average Bonchev–Trinajstić information content (AvgIpc) is 2.93. The summed E-state index contributed by atoms with van der Waals surface area (Å²) in [7, 11) is -0.322. The zero-order valence-corrected chi connectivity index (χ0v) is 17.4. The molecule has 0 saturated carbocycles. The molecule has 0 amide bonds. The van der Waals surface area contributed by atoms with Crippen LogP contribution in [0.25, 0.3) is 0 Å². The number of hydrogen-bond acceptors (Lipinski definition) is 0. The second-order valence-corrected chi connectivity index (χ2v) is 9.03. The summed E-state index contributed by atoms with van der Waals surface area (Å²) < 4.78 is 1.65. The molecule has 0 spiro atoms. The zero-order chi connectivity index (χ0) is 13.1. The molecule has 0 unspecified atom stereocenters. The van der Waals surface area contributed by atoms with Crippen LogP contribution in [0.3, 0.4) is 0 Å². The maximum Gasteiger partial charge on any atom is -1.00 e. The Labute approximate surface area is 152 Å². The van der Waals surface area contributed by atoms with Gasteiger partial charge in [-0.3, -0.25) is 0 Å². The molecule has 2 aliphatic rings. The molecule has 0 aromatic carbocycles. The van der Waals surface area contributed by atoms with Gasteiger partial charge in [0.2, 0.25) is 0 Å². The summed E-state index contributed by atoms with van der Waals surface area (Å²) in [6.07, 6.45) is 14.4. The SMILES string of the molecule is CCCCC1=CC(=[Si](C)C)[C]([Zr+2])=C1C1=CC=CC1.[Cl-].[Cl-].